The molecule has 0 amide bonds. The molecule has 156 valence electrons. The number of non-ortho nitro benzene ring substituents is 1. The molecular weight excluding hydrogens is 384 g/mol. The zero-order valence-corrected chi connectivity index (χ0v) is 17.1. The normalized spacial score (nSPS) is 18.5. The van der Waals surface area contributed by atoms with Crippen molar-refractivity contribution in [2.24, 2.45) is 5.92 Å². The first kappa shape index (κ1) is 20.1. The van der Waals surface area contributed by atoms with Gasteiger partial charge >= 0.3 is 0 Å². The average molecular weight is 408 g/mol. The molecule has 0 unspecified atom stereocenters. The maximum Gasteiger partial charge on any atom is 0.269 e. The van der Waals surface area contributed by atoms with Crippen molar-refractivity contribution in [1.29, 1.82) is 0 Å². The molecule has 0 saturated carbocycles. The van der Waals surface area contributed by atoms with Crippen molar-refractivity contribution in [3.8, 4) is 11.5 Å². The molecule has 7 nitrogen and oxygen atoms in total. The molecule has 2 aliphatic heterocycles. The highest BCUT2D eigenvalue weighted by atomic mass is 16.6. The van der Waals surface area contributed by atoms with Crippen LogP contribution in [-0.4, -0.2) is 33.8 Å². The van der Waals surface area contributed by atoms with E-state index in [0.717, 1.165) is 25.9 Å². The number of aromatic hydroxyl groups is 1. The van der Waals surface area contributed by atoms with E-state index < -0.39 is 4.92 Å². The number of likely N-dealkylation sites (tertiary alicyclic amines) is 1. The lowest BCUT2D eigenvalue weighted by molar-refractivity contribution is -0.384. The van der Waals surface area contributed by atoms with Crippen LogP contribution in [0.1, 0.15) is 46.8 Å². The van der Waals surface area contributed by atoms with Gasteiger partial charge in [0.25, 0.3) is 5.69 Å². The second-order valence-corrected chi connectivity index (χ2v) is 8.14. The van der Waals surface area contributed by atoms with Gasteiger partial charge in [-0.15, -0.1) is 0 Å². The summed E-state index contributed by atoms with van der Waals surface area (Å²) in [6.45, 7) is 6.45. The average Bonchev–Trinajstić information content (AvgIpc) is 3.03. The number of aryl methyl sites for hydroxylation is 1. The standard InChI is InChI=1S/C23H24N2O5/c1-14-7-9-24(10-8-14)13-18-19(26)11-15(2)21-22(27)20(30-23(18)21)12-16-3-5-17(6-4-16)25(28)29/h3-6,11-12,14,26H,7-10,13H2,1-2H3/b20-12-. The maximum atomic E-state index is 13.0. The van der Waals surface area contributed by atoms with Gasteiger partial charge in [-0.25, -0.2) is 0 Å². The van der Waals surface area contributed by atoms with Crippen molar-refractivity contribution in [3.05, 3.63) is 68.5 Å². The van der Waals surface area contributed by atoms with E-state index in [2.05, 4.69) is 11.8 Å². The van der Waals surface area contributed by atoms with Crippen LogP contribution >= 0.6 is 0 Å². The Kier molecular flexibility index (Phi) is 5.30. The first-order valence-corrected chi connectivity index (χ1v) is 10.1. The summed E-state index contributed by atoms with van der Waals surface area (Å²) in [6.07, 6.45) is 3.80. The Labute approximate surface area is 174 Å². The lowest BCUT2D eigenvalue weighted by Crippen LogP contribution is -2.32. The molecule has 0 aromatic heterocycles. The summed E-state index contributed by atoms with van der Waals surface area (Å²) in [5.41, 5.74) is 2.38. The molecule has 0 atom stereocenters. The van der Waals surface area contributed by atoms with Crippen LogP contribution in [0.4, 0.5) is 5.69 Å². The van der Waals surface area contributed by atoms with E-state index >= 15 is 0 Å². The smallest absolute Gasteiger partial charge is 0.269 e. The molecule has 1 saturated heterocycles. The van der Waals surface area contributed by atoms with Gasteiger partial charge in [-0.2, -0.15) is 0 Å². The van der Waals surface area contributed by atoms with Crippen molar-refractivity contribution in [2.45, 2.75) is 33.2 Å². The summed E-state index contributed by atoms with van der Waals surface area (Å²) in [7, 11) is 0. The van der Waals surface area contributed by atoms with Gasteiger partial charge in [-0.1, -0.05) is 6.92 Å². The molecule has 0 spiro atoms. The Hall–Kier alpha value is -3.19. The number of nitrogens with zero attached hydrogens (tertiary/aromatic N) is 2. The molecule has 4 rings (SSSR count). The van der Waals surface area contributed by atoms with Crippen LogP contribution in [0.25, 0.3) is 6.08 Å². The van der Waals surface area contributed by atoms with Gasteiger partial charge in [-0.3, -0.25) is 19.8 Å². The van der Waals surface area contributed by atoms with Crippen LogP contribution in [0.5, 0.6) is 11.5 Å². The number of allylic oxidation sites excluding steroid dienone is 1. The fourth-order valence-electron chi connectivity index (χ4n) is 4.02. The molecule has 1 N–H and O–H groups in total. The highest BCUT2D eigenvalue weighted by molar-refractivity contribution is 6.15. The fraction of sp³-hybridized carbons (Fsp3) is 0.348. The van der Waals surface area contributed by atoms with E-state index in [-0.39, 0.29) is 23.0 Å². The number of ketones is 1. The number of piperidine rings is 1. The predicted octanol–water partition coefficient (Wildman–Crippen LogP) is 4.46. The van der Waals surface area contributed by atoms with E-state index in [4.69, 9.17) is 4.74 Å². The number of fused-ring (bicyclic) bond motifs is 1. The largest absolute Gasteiger partial charge is 0.507 e. The summed E-state index contributed by atoms with van der Waals surface area (Å²) >= 11 is 0. The number of nitro benzene ring substituents is 1. The first-order chi connectivity index (χ1) is 14.3. The van der Waals surface area contributed by atoms with Gasteiger partial charge in [0.15, 0.2) is 5.76 Å². The molecule has 0 radical (unpaired) electrons. The van der Waals surface area contributed by atoms with E-state index in [0.29, 0.717) is 40.5 Å². The summed E-state index contributed by atoms with van der Waals surface area (Å²) in [6, 6.07) is 7.55. The molecule has 30 heavy (non-hydrogen) atoms. The topological polar surface area (TPSA) is 92.9 Å². The number of hydrogen-bond acceptors (Lipinski definition) is 6. The van der Waals surface area contributed by atoms with Gasteiger partial charge in [0, 0.05) is 18.7 Å². The Morgan fingerprint density at radius 2 is 1.93 bits per heavy atom. The molecule has 0 bridgehead atoms. The number of ether oxygens (including phenoxy) is 1. The number of phenols is 1. The SMILES string of the molecule is Cc1cc(O)c(CN2CCC(C)CC2)c2c1C(=O)/C(=C/c1ccc([N+](=O)[O-])cc1)O2. The van der Waals surface area contributed by atoms with E-state index in [9.17, 15) is 20.0 Å². The lowest BCUT2D eigenvalue weighted by atomic mass is 9.96. The van der Waals surface area contributed by atoms with Crippen LogP contribution in [0.15, 0.2) is 36.1 Å². The van der Waals surface area contributed by atoms with Crippen molar-refractivity contribution in [1.82, 2.24) is 4.90 Å². The highest BCUT2D eigenvalue weighted by Crippen LogP contribution is 2.42. The number of carbonyl (C=O) groups is 1. The number of phenolic OH excluding ortho intramolecular Hbond substituents is 1. The second kappa shape index (κ2) is 7.91. The van der Waals surface area contributed by atoms with E-state index in [1.165, 1.54) is 12.1 Å². The third-order valence-electron chi connectivity index (χ3n) is 5.88. The van der Waals surface area contributed by atoms with Crippen molar-refractivity contribution >= 4 is 17.5 Å². The van der Waals surface area contributed by atoms with Crippen LogP contribution in [-0.2, 0) is 6.54 Å². The zero-order chi connectivity index (χ0) is 21.4. The summed E-state index contributed by atoms with van der Waals surface area (Å²) in [5, 5.41) is 21.4. The Bertz CT molecular complexity index is 1030. The van der Waals surface area contributed by atoms with Gasteiger partial charge < -0.3 is 9.84 Å². The number of Topliss-reactive ketones (excluding diaryl/α,β-unsaturated/α-hetero) is 1. The number of rotatable bonds is 4. The van der Waals surface area contributed by atoms with Gasteiger partial charge in [-0.05, 0) is 74.2 Å². The third-order valence-corrected chi connectivity index (χ3v) is 5.88. The number of nitro groups is 1. The van der Waals surface area contributed by atoms with Crippen molar-refractivity contribution < 1.29 is 19.6 Å². The molecule has 2 aliphatic rings. The van der Waals surface area contributed by atoms with E-state index in [1.807, 2.05) is 0 Å². The number of hydrogen-bond donors (Lipinski definition) is 1. The van der Waals surface area contributed by atoms with Crippen molar-refractivity contribution in [2.75, 3.05) is 13.1 Å². The molecule has 2 aromatic carbocycles. The summed E-state index contributed by atoms with van der Waals surface area (Å²) < 4.78 is 5.95. The van der Waals surface area contributed by atoms with Crippen LogP contribution in [0.2, 0.25) is 0 Å². The zero-order valence-electron chi connectivity index (χ0n) is 17.1. The lowest BCUT2D eigenvalue weighted by Gasteiger charge is -2.30. The molecule has 7 heteroatoms. The molecule has 2 aromatic rings. The quantitative estimate of drug-likeness (QED) is 0.456. The summed E-state index contributed by atoms with van der Waals surface area (Å²) in [5.74, 6) is 1.17. The minimum atomic E-state index is -0.468. The molecular formula is C23H24N2O5. The van der Waals surface area contributed by atoms with Gasteiger partial charge in [0.2, 0.25) is 5.78 Å². The highest BCUT2D eigenvalue weighted by Gasteiger charge is 2.34. The Balaban J connectivity index is 1.64. The van der Waals surface area contributed by atoms with E-state index in [1.54, 1.807) is 31.2 Å². The predicted molar refractivity (Wildman–Crippen MR) is 113 cm³/mol. The second-order valence-electron chi connectivity index (χ2n) is 8.14. The Morgan fingerprint density at radius 1 is 1.27 bits per heavy atom. The minimum Gasteiger partial charge on any atom is -0.507 e. The maximum absolute atomic E-state index is 13.0. The Morgan fingerprint density at radius 3 is 2.57 bits per heavy atom. The first-order valence-electron chi connectivity index (χ1n) is 10.1. The monoisotopic (exact) mass is 408 g/mol. The van der Waals surface area contributed by atoms with Crippen molar-refractivity contribution in [3.63, 3.8) is 0 Å². The fourth-order valence-corrected chi connectivity index (χ4v) is 4.02. The number of carbonyl (C=O) groups excluding carboxylic acids is 1. The molecule has 0 aliphatic carbocycles. The number of benzene rings is 2. The van der Waals surface area contributed by atoms with Crippen LogP contribution in [0.3, 0.4) is 0 Å². The van der Waals surface area contributed by atoms with Crippen LogP contribution in [0, 0.1) is 23.0 Å². The third kappa shape index (κ3) is 3.80. The van der Waals surface area contributed by atoms with Gasteiger partial charge in [0.1, 0.15) is 11.5 Å². The molecule has 1 fully saturated rings. The molecule has 2 heterocycles. The minimum absolute atomic E-state index is 0.0157. The summed E-state index contributed by atoms with van der Waals surface area (Å²) in [4.78, 5) is 25.6. The van der Waals surface area contributed by atoms with Crippen LogP contribution < -0.4 is 4.74 Å². The van der Waals surface area contributed by atoms with Gasteiger partial charge in [0.05, 0.1) is 16.1 Å².